The number of rotatable bonds is 12. The second-order valence-electron chi connectivity index (χ2n) is 17.9. The summed E-state index contributed by atoms with van der Waals surface area (Å²) >= 11 is 0. The summed E-state index contributed by atoms with van der Waals surface area (Å²) in [6.07, 6.45) is 8.50. The van der Waals surface area contributed by atoms with Crippen LogP contribution < -0.4 is 11.5 Å². The van der Waals surface area contributed by atoms with E-state index in [2.05, 4.69) is 25.5 Å². The molecule has 2 unspecified atom stereocenters. The number of ether oxygens (including phenoxy) is 1. The molecule has 1 aromatic rings. The van der Waals surface area contributed by atoms with Crippen LogP contribution in [0.25, 0.3) is 0 Å². The van der Waals surface area contributed by atoms with Crippen LogP contribution in [0.15, 0.2) is 18.2 Å². The molecule has 0 aromatic heterocycles. The molecular weight excluding hydrogens is 664 g/mol. The Kier molecular flexibility index (Phi) is 10.5. The van der Waals surface area contributed by atoms with E-state index in [1.165, 1.54) is 64.7 Å². The molecule has 50 heavy (non-hydrogen) atoms. The molecule has 3 nitrogen and oxygen atoms in total. The summed E-state index contributed by atoms with van der Waals surface area (Å²) in [7, 11) is 0. The second kappa shape index (κ2) is 13.3. The van der Waals surface area contributed by atoms with Crippen LogP contribution in [0.3, 0.4) is 0 Å². The Hall–Kier alpha value is -1.78. The summed E-state index contributed by atoms with van der Waals surface area (Å²) in [6, 6.07) is 1.72. The van der Waals surface area contributed by atoms with Gasteiger partial charge in [-0.15, -0.1) is 0 Å². The molecular formula is C39H58F8N2O. The summed E-state index contributed by atoms with van der Waals surface area (Å²) in [4.78, 5) is 0. The van der Waals surface area contributed by atoms with Crippen LogP contribution in [-0.4, -0.2) is 24.6 Å². The summed E-state index contributed by atoms with van der Waals surface area (Å²) in [5, 5.41) is 0. The highest BCUT2D eigenvalue weighted by Crippen LogP contribution is 2.68. The summed E-state index contributed by atoms with van der Waals surface area (Å²) in [5.41, 5.74) is 7.77. The summed E-state index contributed by atoms with van der Waals surface area (Å²) < 4.78 is 122. The van der Waals surface area contributed by atoms with Crippen molar-refractivity contribution in [2.75, 3.05) is 18.1 Å². The molecule has 0 heterocycles. The van der Waals surface area contributed by atoms with Crippen LogP contribution in [0.4, 0.5) is 46.5 Å². The van der Waals surface area contributed by atoms with Crippen LogP contribution in [0.5, 0.6) is 0 Å². The molecule has 4 N–H and O–H groups in total. The number of alkyl halides is 8. The van der Waals surface area contributed by atoms with Crippen molar-refractivity contribution in [2.45, 2.75) is 142 Å². The first-order valence-electron chi connectivity index (χ1n) is 18.7. The minimum Gasteiger partial charge on any atom is -0.399 e. The first-order valence-corrected chi connectivity index (χ1v) is 18.7. The predicted molar refractivity (Wildman–Crippen MR) is 181 cm³/mol. The minimum absolute atomic E-state index is 0.198. The molecule has 0 spiro atoms. The Balaban J connectivity index is 1.19. The smallest absolute Gasteiger partial charge is 0.399 e. The van der Waals surface area contributed by atoms with Crippen LogP contribution in [0.1, 0.15) is 124 Å². The van der Waals surface area contributed by atoms with Crippen molar-refractivity contribution < 1.29 is 39.9 Å². The molecule has 0 amide bonds. The van der Waals surface area contributed by atoms with E-state index in [0.29, 0.717) is 41.7 Å². The molecule has 4 fully saturated rings. The Labute approximate surface area is 293 Å². The maximum atomic E-state index is 14.8. The lowest BCUT2D eigenvalue weighted by Gasteiger charge is -2.61. The van der Waals surface area contributed by atoms with Gasteiger partial charge in [0.2, 0.25) is 0 Å². The lowest BCUT2D eigenvalue weighted by atomic mass is 9.44. The fraction of sp³-hybridized carbons (Fsp3) is 0.846. The summed E-state index contributed by atoms with van der Waals surface area (Å²) in [5.74, 6) is -15.6. The Morgan fingerprint density at radius 1 is 0.800 bits per heavy atom. The number of nitrogens with two attached hydrogens (primary N) is 2. The third kappa shape index (κ3) is 6.33. The molecule has 0 radical (unpaired) electrons. The van der Waals surface area contributed by atoms with Gasteiger partial charge in [0.25, 0.3) is 0 Å². The van der Waals surface area contributed by atoms with Crippen LogP contribution >= 0.6 is 0 Å². The molecule has 9 atom stereocenters. The number of hydrogen-bond donors (Lipinski definition) is 2. The topological polar surface area (TPSA) is 61.3 Å². The molecule has 0 bridgehead atoms. The highest BCUT2D eigenvalue weighted by molar-refractivity contribution is 5.58. The molecule has 0 aliphatic heterocycles. The van der Waals surface area contributed by atoms with Crippen molar-refractivity contribution in [3.8, 4) is 0 Å². The molecule has 4 aliphatic carbocycles. The van der Waals surface area contributed by atoms with E-state index < -0.39 is 53.1 Å². The van der Waals surface area contributed by atoms with Gasteiger partial charge in [-0.2, -0.15) is 35.1 Å². The average molecular weight is 723 g/mol. The highest BCUT2D eigenvalue weighted by atomic mass is 19.4. The van der Waals surface area contributed by atoms with Crippen LogP contribution in [0, 0.1) is 57.7 Å². The minimum atomic E-state index is -6.57. The first-order chi connectivity index (χ1) is 22.9. The van der Waals surface area contributed by atoms with Crippen molar-refractivity contribution >= 4 is 11.4 Å². The third-order valence-corrected chi connectivity index (χ3v) is 15.0. The SMILES string of the molecule is CC(COC(F)(F)C(F)(F)C(F)(F)C(F)(F)c1ccc(N)cc1N)C(C)(C)CC[C@@H](C)[C@H]1CC[C@H]2[C@@H]3CCC4CCCC[C@]4(C)[C@H]3CC[C@]12C. The number of fused-ring (bicyclic) bond motifs is 5. The number of benzene rings is 1. The van der Waals surface area contributed by atoms with Crippen molar-refractivity contribution in [2.24, 2.45) is 57.7 Å². The second-order valence-corrected chi connectivity index (χ2v) is 17.9. The zero-order valence-electron chi connectivity index (χ0n) is 30.6. The van der Waals surface area contributed by atoms with E-state index in [0.717, 1.165) is 36.7 Å². The standard InChI is InChI=1S/C39H58F8N2O/c1-23(28-14-15-29-27-12-10-25-9-7-8-18-34(25,5)30(27)17-20-35(28,29)6)16-19-33(3,4)24(2)22-50-39(46,47)38(44,45)37(42,43)36(40,41)31-13-11-26(48)21-32(31)49/h11,13,21,23-25,27-30H,7-10,12,14-20,22,48-49H2,1-6H3/t23-,24?,25?,27+,28-,29+,30+,34+,35-/m1/s1. The van der Waals surface area contributed by atoms with Gasteiger partial charge < -0.3 is 16.2 Å². The zero-order chi connectivity index (χ0) is 37.3. The Bertz CT molecular complexity index is 1370. The van der Waals surface area contributed by atoms with Crippen molar-refractivity contribution in [1.82, 2.24) is 0 Å². The number of anilines is 2. The van der Waals surface area contributed by atoms with E-state index in [4.69, 9.17) is 11.5 Å². The quantitative estimate of drug-likeness (QED) is 0.167. The highest BCUT2D eigenvalue weighted by Gasteiger charge is 2.82. The van der Waals surface area contributed by atoms with Gasteiger partial charge in [-0.3, -0.25) is 0 Å². The lowest BCUT2D eigenvalue weighted by Crippen LogP contribution is -2.62. The fourth-order valence-corrected chi connectivity index (χ4v) is 11.3. The molecule has 4 aliphatic rings. The Morgan fingerprint density at radius 3 is 2.12 bits per heavy atom. The average Bonchev–Trinajstić information content (AvgIpc) is 3.39. The number of halogens is 8. The fourth-order valence-electron chi connectivity index (χ4n) is 11.3. The molecule has 0 saturated heterocycles. The molecule has 5 rings (SSSR count). The third-order valence-electron chi connectivity index (χ3n) is 15.0. The number of nitrogen functional groups attached to an aromatic ring is 2. The largest absolute Gasteiger partial charge is 0.426 e. The van der Waals surface area contributed by atoms with Gasteiger partial charge in [0, 0.05) is 11.4 Å². The van der Waals surface area contributed by atoms with Gasteiger partial charge in [0.05, 0.1) is 12.2 Å². The molecule has 4 saturated carbocycles. The Morgan fingerprint density at radius 2 is 1.46 bits per heavy atom. The maximum absolute atomic E-state index is 14.8. The molecule has 11 heteroatoms. The first kappa shape index (κ1) is 39.4. The molecule has 286 valence electrons. The van der Waals surface area contributed by atoms with Crippen LogP contribution in [0.2, 0.25) is 0 Å². The zero-order valence-corrected chi connectivity index (χ0v) is 30.6. The summed E-state index contributed by atoms with van der Waals surface area (Å²) in [6.45, 7) is 11.4. The van der Waals surface area contributed by atoms with Gasteiger partial charge in [-0.1, -0.05) is 54.4 Å². The van der Waals surface area contributed by atoms with Gasteiger partial charge in [0.1, 0.15) is 0 Å². The van der Waals surface area contributed by atoms with Crippen molar-refractivity contribution in [3.05, 3.63) is 23.8 Å². The lowest BCUT2D eigenvalue weighted by molar-refractivity contribution is -0.431. The van der Waals surface area contributed by atoms with E-state index in [-0.39, 0.29) is 11.1 Å². The van der Waals surface area contributed by atoms with Crippen molar-refractivity contribution in [1.29, 1.82) is 0 Å². The van der Waals surface area contributed by atoms with Gasteiger partial charge >= 0.3 is 23.9 Å². The van der Waals surface area contributed by atoms with Gasteiger partial charge in [0.15, 0.2) is 0 Å². The molecule has 1 aromatic carbocycles. The van der Waals surface area contributed by atoms with Gasteiger partial charge in [-0.05, 0) is 140 Å². The van der Waals surface area contributed by atoms with E-state index in [1.807, 2.05) is 13.8 Å². The van der Waals surface area contributed by atoms with Crippen molar-refractivity contribution in [3.63, 3.8) is 0 Å². The maximum Gasteiger partial charge on any atom is 0.426 e. The van der Waals surface area contributed by atoms with Crippen LogP contribution in [-0.2, 0) is 10.7 Å². The normalized spacial score (nSPS) is 33.7. The predicted octanol–water partition coefficient (Wildman–Crippen LogP) is 12.0. The number of hydrogen-bond acceptors (Lipinski definition) is 3. The van der Waals surface area contributed by atoms with E-state index in [1.54, 1.807) is 0 Å². The monoisotopic (exact) mass is 722 g/mol. The van der Waals surface area contributed by atoms with E-state index in [9.17, 15) is 35.1 Å². The van der Waals surface area contributed by atoms with Gasteiger partial charge in [-0.25, -0.2) is 0 Å². The van der Waals surface area contributed by atoms with E-state index >= 15 is 0 Å².